The van der Waals surface area contributed by atoms with Crippen LogP contribution in [0, 0.1) is 0 Å². The Bertz CT molecular complexity index is 107. The molecule has 1 N–H and O–H groups in total. The molecule has 0 heterocycles. The largest absolute Gasteiger partial charge is 0.332 e. The van der Waals surface area contributed by atoms with Crippen molar-refractivity contribution >= 4 is 17.9 Å². The molecular weight excluding hydrogens is 138 g/mol. The summed E-state index contributed by atoms with van der Waals surface area (Å²) in [6.45, 7) is 3.22. The minimum absolute atomic E-state index is 0.0379. The number of nitrogens with zero attached hydrogens (tertiary/aromatic N) is 1. The number of carbonyl (C=O) groups excluding carboxylic acids is 1. The van der Waals surface area contributed by atoms with Gasteiger partial charge in [0.1, 0.15) is 5.37 Å². The summed E-state index contributed by atoms with van der Waals surface area (Å²) in [4.78, 5) is 12.0. The molecule has 1 atom stereocenters. The quantitative estimate of drug-likeness (QED) is 0.470. The van der Waals surface area contributed by atoms with Crippen LogP contribution in [0.3, 0.4) is 0 Å². The molecule has 1 unspecified atom stereocenters. The van der Waals surface area contributed by atoms with E-state index in [1.807, 2.05) is 0 Å². The van der Waals surface area contributed by atoms with Gasteiger partial charge in [0.2, 0.25) is 5.91 Å². The predicted octanol–water partition coefficient (Wildman–Crippen LogP) is 1.02. The van der Waals surface area contributed by atoms with E-state index in [1.165, 1.54) is 11.8 Å². The maximum Gasteiger partial charge on any atom is 0.220 e. The molecule has 0 aromatic rings. The lowest BCUT2D eigenvalue weighted by Crippen LogP contribution is -2.30. The van der Waals surface area contributed by atoms with E-state index in [4.69, 9.17) is 4.55 Å². The van der Waals surface area contributed by atoms with Gasteiger partial charge in [-0.15, -0.1) is 0 Å². The Hall–Kier alpha value is -0.220. The summed E-state index contributed by atoms with van der Waals surface area (Å²) >= 11 is 0.666. The third-order valence-electron chi connectivity index (χ3n) is 1.19. The fourth-order valence-electron chi connectivity index (χ4n) is 0.327. The van der Waals surface area contributed by atoms with Gasteiger partial charge in [-0.3, -0.25) is 4.79 Å². The summed E-state index contributed by atoms with van der Waals surface area (Å²) < 4.78 is 8.48. The minimum Gasteiger partial charge on any atom is -0.332 e. The molecule has 0 aromatic carbocycles. The van der Waals surface area contributed by atoms with E-state index in [0.717, 1.165) is 0 Å². The highest BCUT2D eigenvalue weighted by molar-refractivity contribution is 7.94. The zero-order valence-corrected chi connectivity index (χ0v) is 6.60. The molecule has 0 rings (SSSR count). The van der Waals surface area contributed by atoms with Gasteiger partial charge in [0.25, 0.3) is 0 Å². The lowest BCUT2D eigenvalue weighted by Gasteiger charge is -2.19. The summed E-state index contributed by atoms with van der Waals surface area (Å²) in [7, 11) is 1.65. The third-order valence-corrected chi connectivity index (χ3v) is 1.82. The molecule has 0 saturated carbocycles. The van der Waals surface area contributed by atoms with Gasteiger partial charge in [-0.05, 0) is 6.92 Å². The van der Waals surface area contributed by atoms with Crippen molar-refractivity contribution in [1.29, 1.82) is 0 Å². The van der Waals surface area contributed by atoms with Gasteiger partial charge in [-0.1, -0.05) is 0 Å². The van der Waals surface area contributed by atoms with E-state index in [9.17, 15) is 4.79 Å². The van der Waals surface area contributed by atoms with E-state index in [2.05, 4.69) is 0 Å². The van der Waals surface area contributed by atoms with Crippen LogP contribution in [0.15, 0.2) is 0 Å². The Labute approximate surface area is 59.2 Å². The molecule has 9 heavy (non-hydrogen) atoms. The van der Waals surface area contributed by atoms with Gasteiger partial charge in [-0.25, -0.2) is 0 Å². The lowest BCUT2D eigenvalue weighted by molar-refractivity contribution is -0.127. The zero-order chi connectivity index (χ0) is 7.44. The van der Waals surface area contributed by atoms with E-state index < -0.39 is 0 Å². The number of carbonyl (C=O) groups is 1. The second kappa shape index (κ2) is 3.74. The van der Waals surface area contributed by atoms with Crippen molar-refractivity contribution < 1.29 is 9.35 Å². The predicted molar refractivity (Wildman–Crippen MR) is 38.1 cm³/mol. The normalized spacial score (nSPS) is 12.9. The molecule has 0 aliphatic rings. The Morgan fingerprint density at radius 3 is 2.33 bits per heavy atom. The molecule has 54 valence electrons. The maximum atomic E-state index is 10.5. The molecule has 0 bridgehead atoms. The van der Waals surface area contributed by atoms with Crippen LogP contribution in [0.2, 0.25) is 0 Å². The van der Waals surface area contributed by atoms with Crippen LogP contribution in [-0.4, -0.2) is 27.8 Å². The molecule has 0 spiro atoms. The van der Waals surface area contributed by atoms with Gasteiger partial charge >= 0.3 is 0 Å². The highest BCUT2D eigenvalue weighted by Gasteiger charge is 2.09. The van der Waals surface area contributed by atoms with Crippen molar-refractivity contribution in [2.75, 3.05) is 7.05 Å². The second-order valence-electron chi connectivity index (χ2n) is 1.83. The fraction of sp³-hybridized carbons (Fsp3) is 0.800. The van der Waals surface area contributed by atoms with Crippen LogP contribution in [0.25, 0.3) is 0 Å². The Kier molecular flexibility index (Phi) is 3.65. The van der Waals surface area contributed by atoms with Crippen LogP contribution in [0.4, 0.5) is 0 Å². The number of hydrogen-bond donors (Lipinski definition) is 1. The Morgan fingerprint density at radius 1 is 1.78 bits per heavy atom. The van der Waals surface area contributed by atoms with Crippen molar-refractivity contribution in [3.8, 4) is 0 Å². The highest BCUT2D eigenvalue weighted by atomic mass is 32.2. The average molecular weight is 149 g/mol. The molecule has 0 aliphatic heterocycles. The third kappa shape index (κ3) is 2.72. The van der Waals surface area contributed by atoms with Crippen molar-refractivity contribution in [2.24, 2.45) is 0 Å². The Morgan fingerprint density at radius 2 is 2.22 bits per heavy atom. The van der Waals surface area contributed by atoms with Crippen molar-refractivity contribution in [3.63, 3.8) is 0 Å². The summed E-state index contributed by atoms with van der Waals surface area (Å²) in [6.07, 6.45) is 0. The van der Waals surface area contributed by atoms with Gasteiger partial charge in [0.05, 0.1) is 0 Å². The van der Waals surface area contributed by atoms with E-state index in [0.29, 0.717) is 12.0 Å². The van der Waals surface area contributed by atoms with Crippen LogP contribution < -0.4 is 0 Å². The first-order valence-corrected chi connectivity index (χ1v) is 3.47. The fourth-order valence-corrected chi connectivity index (χ4v) is 0.617. The minimum atomic E-state index is -0.150. The first kappa shape index (κ1) is 8.78. The maximum absolute atomic E-state index is 10.5. The SMILES string of the molecule is CC(=O)N(C)C(C)SO. The van der Waals surface area contributed by atoms with Crippen molar-refractivity contribution in [3.05, 3.63) is 0 Å². The van der Waals surface area contributed by atoms with Crippen LogP contribution in [0.5, 0.6) is 0 Å². The molecule has 3 nitrogen and oxygen atoms in total. The molecule has 0 aliphatic carbocycles. The highest BCUT2D eigenvalue weighted by Crippen LogP contribution is 2.07. The zero-order valence-electron chi connectivity index (χ0n) is 5.79. The summed E-state index contributed by atoms with van der Waals surface area (Å²) in [5.41, 5.74) is 0. The second-order valence-corrected chi connectivity index (χ2v) is 2.73. The summed E-state index contributed by atoms with van der Waals surface area (Å²) in [6, 6.07) is 0. The molecule has 0 aromatic heterocycles. The molecule has 0 saturated heterocycles. The first-order valence-electron chi connectivity index (χ1n) is 2.63. The van der Waals surface area contributed by atoms with Gasteiger partial charge in [0, 0.05) is 26.0 Å². The molecule has 1 amide bonds. The van der Waals surface area contributed by atoms with E-state index in [-0.39, 0.29) is 11.3 Å². The number of rotatable bonds is 2. The van der Waals surface area contributed by atoms with Crippen LogP contribution in [-0.2, 0) is 4.79 Å². The number of hydrogen-bond acceptors (Lipinski definition) is 3. The topological polar surface area (TPSA) is 40.5 Å². The first-order chi connectivity index (χ1) is 4.09. The number of amides is 1. The van der Waals surface area contributed by atoms with E-state index >= 15 is 0 Å². The van der Waals surface area contributed by atoms with Crippen molar-refractivity contribution in [1.82, 2.24) is 4.90 Å². The average Bonchev–Trinajstić information content (AvgIpc) is 1.84. The monoisotopic (exact) mass is 149 g/mol. The molecule has 0 radical (unpaired) electrons. The lowest BCUT2D eigenvalue weighted by atomic mass is 10.5. The standard InChI is InChI=1S/C5H11NO2S/c1-4(7)6(3)5(2)9-8/h5,8H,1-3H3. The Balaban J connectivity index is 3.72. The van der Waals surface area contributed by atoms with Crippen LogP contribution >= 0.6 is 12.0 Å². The summed E-state index contributed by atoms with van der Waals surface area (Å²) in [5.74, 6) is -0.0379. The van der Waals surface area contributed by atoms with Crippen molar-refractivity contribution in [2.45, 2.75) is 19.2 Å². The summed E-state index contributed by atoms with van der Waals surface area (Å²) in [5, 5.41) is -0.150. The molecule has 0 fully saturated rings. The van der Waals surface area contributed by atoms with Crippen LogP contribution in [0.1, 0.15) is 13.8 Å². The van der Waals surface area contributed by atoms with Gasteiger partial charge in [-0.2, -0.15) is 0 Å². The molecular formula is C5H11NO2S. The molecule has 4 heteroatoms. The van der Waals surface area contributed by atoms with Gasteiger partial charge in [0.15, 0.2) is 0 Å². The smallest absolute Gasteiger partial charge is 0.220 e. The van der Waals surface area contributed by atoms with Gasteiger partial charge < -0.3 is 9.45 Å². The van der Waals surface area contributed by atoms with E-state index in [1.54, 1.807) is 14.0 Å².